The second kappa shape index (κ2) is 8.33. The van der Waals surface area contributed by atoms with Crippen LogP contribution < -0.4 is 9.64 Å². The zero-order valence-electron chi connectivity index (χ0n) is 17.6. The van der Waals surface area contributed by atoms with Gasteiger partial charge in [-0.25, -0.2) is 19.6 Å². The van der Waals surface area contributed by atoms with Crippen molar-refractivity contribution < 1.29 is 19.1 Å². The highest BCUT2D eigenvalue weighted by atomic mass is 32.1. The van der Waals surface area contributed by atoms with Gasteiger partial charge < -0.3 is 4.74 Å². The van der Waals surface area contributed by atoms with Crippen LogP contribution in [0.25, 0.3) is 10.2 Å². The topological polar surface area (TPSA) is 83.1 Å². The van der Waals surface area contributed by atoms with Crippen LogP contribution in [0.1, 0.15) is 30.3 Å². The number of para-hydroxylation sites is 1. The molecule has 3 aromatic rings. The van der Waals surface area contributed by atoms with Crippen molar-refractivity contribution in [1.29, 1.82) is 0 Å². The minimum absolute atomic E-state index is 0.00638. The van der Waals surface area contributed by atoms with E-state index in [9.17, 15) is 14.4 Å². The van der Waals surface area contributed by atoms with Crippen LogP contribution in [-0.2, 0) is 9.59 Å². The summed E-state index contributed by atoms with van der Waals surface area (Å²) < 4.78 is 6.24. The van der Waals surface area contributed by atoms with Crippen molar-refractivity contribution in [3.8, 4) is 5.75 Å². The summed E-state index contributed by atoms with van der Waals surface area (Å²) in [7, 11) is 1.53. The molecular weight excluding hydrogens is 428 g/mol. The zero-order chi connectivity index (χ0) is 22.2. The van der Waals surface area contributed by atoms with E-state index in [2.05, 4.69) is 4.90 Å². The second-order valence-corrected chi connectivity index (χ2v) is 8.90. The van der Waals surface area contributed by atoms with Gasteiger partial charge in [-0.3, -0.25) is 14.5 Å². The van der Waals surface area contributed by atoms with Gasteiger partial charge in [0.1, 0.15) is 10.8 Å². The number of carbonyl (C=O) groups excluding carboxylic acids is 3. The fourth-order valence-corrected chi connectivity index (χ4v) is 5.38. The van der Waals surface area contributed by atoms with Crippen LogP contribution in [0.2, 0.25) is 0 Å². The molecule has 0 saturated carbocycles. The summed E-state index contributed by atoms with van der Waals surface area (Å²) in [5, 5.41) is 0.975. The maximum atomic E-state index is 13.1. The van der Waals surface area contributed by atoms with Crippen molar-refractivity contribution in [3.63, 3.8) is 0 Å². The number of aromatic nitrogens is 1. The first-order chi connectivity index (χ1) is 15.6. The highest BCUT2D eigenvalue weighted by Gasteiger charge is 2.46. The first kappa shape index (κ1) is 20.6. The SMILES string of the molecule is COc1ccc(N2C(=O)C(=O)N(CN3CCCCC3c3nc4ccccc4s3)C2=O)cc1. The molecule has 2 fully saturated rings. The Morgan fingerprint density at radius 2 is 1.81 bits per heavy atom. The fourth-order valence-electron chi connectivity index (χ4n) is 4.24. The van der Waals surface area contributed by atoms with Gasteiger partial charge >= 0.3 is 17.8 Å². The lowest BCUT2D eigenvalue weighted by Crippen LogP contribution is -2.45. The average Bonchev–Trinajstić information content (AvgIpc) is 3.34. The first-order valence-electron chi connectivity index (χ1n) is 10.5. The third-order valence-electron chi connectivity index (χ3n) is 5.92. The van der Waals surface area contributed by atoms with E-state index >= 15 is 0 Å². The van der Waals surface area contributed by atoms with E-state index in [4.69, 9.17) is 9.72 Å². The molecule has 1 aromatic heterocycles. The molecule has 9 heteroatoms. The van der Waals surface area contributed by atoms with Crippen molar-refractivity contribution in [3.05, 3.63) is 53.5 Å². The number of carbonyl (C=O) groups is 3. The van der Waals surface area contributed by atoms with Crippen LogP contribution >= 0.6 is 11.3 Å². The summed E-state index contributed by atoms with van der Waals surface area (Å²) in [6.07, 6.45) is 2.91. The molecule has 4 amide bonds. The third-order valence-corrected chi connectivity index (χ3v) is 7.05. The van der Waals surface area contributed by atoms with E-state index in [0.29, 0.717) is 11.4 Å². The Kier molecular flexibility index (Phi) is 5.36. The standard InChI is InChI=1S/C23H22N4O4S/c1-31-16-11-9-15(10-12-16)27-22(29)21(28)26(23(27)30)14-25-13-5-4-7-18(25)20-24-17-6-2-3-8-19(17)32-20/h2-3,6,8-12,18H,4-5,7,13-14H2,1H3. The summed E-state index contributed by atoms with van der Waals surface area (Å²) in [5.74, 6) is -1.05. The van der Waals surface area contributed by atoms with Crippen molar-refractivity contribution in [2.45, 2.75) is 25.3 Å². The average molecular weight is 451 g/mol. The lowest BCUT2D eigenvalue weighted by atomic mass is 10.0. The molecule has 1 unspecified atom stereocenters. The van der Waals surface area contributed by atoms with E-state index in [1.165, 1.54) is 7.11 Å². The summed E-state index contributed by atoms with van der Waals surface area (Å²) in [5.41, 5.74) is 1.30. The molecule has 2 aromatic carbocycles. The molecule has 1 atom stereocenters. The van der Waals surface area contributed by atoms with Gasteiger partial charge in [0.15, 0.2) is 0 Å². The number of benzene rings is 2. The van der Waals surface area contributed by atoms with Gasteiger partial charge in [0.25, 0.3) is 0 Å². The van der Waals surface area contributed by atoms with Crippen molar-refractivity contribution >= 4 is 45.1 Å². The number of rotatable bonds is 5. The van der Waals surface area contributed by atoms with Crippen molar-refractivity contribution in [2.24, 2.45) is 0 Å². The van der Waals surface area contributed by atoms with Gasteiger partial charge in [0.2, 0.25) is 0 Å². The quantitative estimate of drug-likeness (QED) is 0.435. The van der Waals surface area contributed by atoms with Gasteiger partial charge in [0, 0.05) is 6.54 Å². The molecule has 2 aliphatic heterocycles. The maximum absolute atomic E-state index is 13.1. The third kappa shape index (κ3) is 3.53. The Morgan fingerprint density at radius 3 is 2.56 bits per heavy atom. The Morgan fingerprint density at radius 1 is 1.03 bits per heavy atom. The molecule has 8 nitrogen and oxygen atoms in total. The van der Waals surface area contributed by atoms with Crippen LogP contribution in [0.15, 0.2) is 48.5 Å². The molecule has 2 saturated heterocycles. The number of thiazole rings is 1. The van der Waals surface area contributed by atoms with Crippen LogP contribution in [0.4, 0.5) is 10.5 Å². The number of anilines is 1. The Balaban J connectivity index is 1.39. The molecule has 164 valence electrons. The molecule has 2 aliphatic rings. The molecule has 3 heterocycles. The Hall–Kier alpha value is -3.30. The van der Waals surface area contributed by atoms with Gasteiger partial charge in [-0.05, 0) is 49.2 Å². The van der Waals surface area contributed by atoms with E-state index in [1.807, 2.05) is 24.3 Å². The first-order valence-corrected chi connectivity index (χ1v) is 11.3. The van der Waals surface area contributed by atoms with E-state index < -0.39 is 17.8 Å². The van der Waals surface area contributed by atoms with Crippen molar-refractivity contribution in [1.82, 2.24) is 14.8 Å². The van der Waals surface area contributed by atoms with Gasteiger partial charge in [-0.15, -0.1) is 11.3 Å². The second-order valence-electron chi connectivity index (χ2n) is 7.84. The van der Waals surface area contributed by atoms with Gasteiger partial charge in [-0.2, -0.15) is 0 Å². The number of nitrogens with zero attached hydrogens (tertiary/aromatic N) is 4. The van der Waals surface area contributed by atoms with Gasteiger partial charge in [-0.1, -0.05) is 18.6 Å². The molecule has 0 spiro atoms. The summed E-state index contributed by atoms with van der Waals surface area (Å²) in [4.78, 5) is 47.3. The lowest BCUT2D eigenvalue weighted by Gasteiger charge is -2.36. The normalized spacial score (nSPS) is 19.9. The molecular formula is C23H22N4O4S. The lowest BCUT2D eigenvalue weighted by molar-refractivity contribution is -0.140. The molecule has 32 heavy (non-hydrogen) atoms. The molecule has 0 aliphatic carbocycles. The predicted molar refractivity (Wildman–Crippen MR) is 121 cm³/mol. The van der Waals surface area contributed by atoms with Crippen LogP contribution in [0.5, 0.6) is 5.75 Å². The van der Waals surface area contributed by atoms with Crippen LogP contribution in [-0.4, -0.2) is 53.0 Å². The van der Waals surface area contributed by atoms with Crippen LogP contribution in [0.3, 0.4) is 0 Å². The number of hydrogen-bond acceptors (Lipinski definition) is 7. The monoisotopic (exact) mass is 450 g/mol. The number of urea groups is 1. The summed E-state index contributed by atoms with van der Waals surface area (Å²) in [6.45, 7) is 0.797. The van der Waals surface area contributed by atoms with Crippen LogP contribution in [0, 0.1) is 0 Å². The number of piperidine rings is 1. The summed E-state index contributed by atoms with van der Waals surface area (Å²) >= 11 is 1.64. The number of ether oxygens (including phenoxy) is 1. The van der Waals surface area contributed by atoms with E-state index in [0.717, 1.165) is 50.8 Å². The smallest absolute Gasteiger partial charge is 0.340 e. The number of fused-ring (bicyclic) bond motifs is 1. The maximum Gasteiger partial charge on any atom is 0.340 e. The van der Waals surface area contributed by atoms with E-state index in [1.54, 1.807) is 35.6 Å². The molecule has 0 radical (unpaired) electrons. The number of amides is 4. The highest BCUT2D eigenvalue weighted by Crippen LogP contribution is 2.36. The largest absolute Gasteiger partial charge is 0.497 e. The Bertz CT molecular complexity index is 1160. The predicted octanol–water partition coefficient (Wildman–Crippen LogP) is 3.78. The fraction of sp³-hybridized carbons (Fsp3) is 0.304. The summed E-state index contributed by atoms with van der Waals surface area (Å²) in [6, 6.07) is 13.9. The number of hydrogen-bond donors (Lipinski definition) is 0. The highest BCUT2D eigenvalue weighted by molar-refractivity contribution is 7.18. The minimum Gasteiger partial charge on any atom is -0.497 e. The Labute approximate surface area is 189 Å². The molecule has 5 rings (SSSR count). The molecule has 0 bridgehead atoms. The minimum atomic E-state index is -0.839. The van der Waals surface area contributed by atoms with E-state index in [-0.39, 0.29) is 12.7 Å². The zero-order valence-corrected chi connectivity index (χ0v) is 18.4. The number of methoxy groups -OCH3 is 1. The number of likely N-dealkylation sites (tertiary alicyclic amines) is 1. The van der Waals surface area contributed by atoms with Crippen molar-refractivity contribution in [2.75, 3.05) is 25.2 Å². The van der Waals surface area contributed by atoms with Gasteiger partial charge in [0.05, 0.1) is 35.7 Å². The number of imide groups is 2. The molecule has 0 N–H and O–H groups in total.